The molecule has 2 aliphatic rings. The fraction of sp³-hybridized carbons (Fsp3) is 0.560. The molecule has 1 aromatic heterocycles. The molecule has 1 amide bonds. The highest BCUT2D eigenvalue weighted by Crippen LogP contribution is 2.30. The number of carbonyl (C=O) groups is 1. The van der Waals surface area contributed by atoms with Crippen LogP contribution in [0.3, 0.4) is 0 Å². The second-order valence-electron chi connectivity index (χ2n) is 9.52. The van der Waals surface area contributed by atoms with Gasteiger partial charge in [-0.3, -0.25) is 14.6 Å². The van der Waals surface area contributed by atoms with Crippen molar-refractivity contribution in [3.63, 3.8) is 0 Å². The van der Waals surface area contributed by atoms with Crippen LogP contribution in [0.1, 0.15) is 50.0 Å². The third-order valence-electron chi connectivity index (χ3n) is 6.52. The molecule has 0 aliphatic carbocycles. The Morgan fingerprint density at radius 1 is 1.07 bits per heavy atom. The number of amides is 1. The van der Waals surface area contributed by atoms with E-state index >= 15 is 0 Å². The van der Waals surface area contributed by atoms with Crippen molar-refractivity contribution in [1.82, 2.24) is 19.7 Å². The minimum atomic E-state index is 0.151. The SMILES string of the molecule is CC(C)CN1CC=C(c2c[nH]c3cc(C(=O)N4CCN(C(C)C)CC4)ccc23)CC1. The van der Waals surface area contributed by atoms with Gasteiger partial charge in [0.2, 0.25) is 0 Å². The molecule has 2 aliphatic heterocycles. The Hall–Kier alpha value is -2.11. The highest BCUT2D eigenvalue weighted by atomic mass is 16.2. The van der Waals surface area contributed by atoms with Gasteiger partial charge in [-0.2, -0.15) is 0 Å². The van der Waals surface area contributed by atoms with Crippen LogP contribution in [0.2, 0.25) is 0 Å². The molecule has 0 radical (unpaired) electrons. The van der Waals surface area contributed by atoms with Crippen LogP contribution in [0.4, 0.5) is 0 Å². The van der Waals surface area contributed by atoms with Crippen molar-refractivity contribution in [2.45, 2.75) is 40.2 Å². The molecule has 2 aromatic rings. The Morgan fingerprint density at radius 2 is 1.83 bits per heavy atom. The van der Waals surface area contributed by atoms with E-state index in [1.54, 1.807) is 0 Å². The molecule has 1 fully saturated rings. The number of H-pyrrole nitrogens is 1. The topological polar surface area (TPSA) is 42.6 Å². The molecule has 1 N–H and O–H groups in total. The molecule has 0 atom stereocenters. The molecule has 30 heavy (non-hydrogen) atoms. The van der Waals surface area contributed by atoms with Gasteiger partial charge >= 0.3 is 0 Å². The maximum absolute atomic E-state index is 13.0. The van der Waals surface area contributed by atoms with Crippen LogP contribution in [-0.2, 0) is 0 Å². The van der Waals surface area contributed by atoms with E-state index in [0.29, 0.717) is 12.0 Å². The van der Waals surface area contributed by atoms with Crippen LogP contribution in [0.15, 0.2) is 30.5 Å². The standard InChI is InChI=1S/C25H36N4O/c1-18(2)17-27-9-7-20(8-10-27)23-16-26-24-15-21(5-6-22(23)24)25(30)29-13-11-28(12-14-29)19(3)4/h5-7,15-16,18-19,26H,8-14,17H2,1-4H3. The second kappa shape index (κ2) is 8.94. The average Bonchev–Trinajstić information content (AvgIpc) is 3.16. The Kier molecular flexibility index (Phi) is 6.30. The minimum absolute atomic E-state index is 0.151. The average molecular weight is 409 g/mol. The van der Waals surface area contributed by atoms with Gasteiger partial charge in [0.25, 0.3) is 5.91 Å². The van der Waals surface area contributed by atoms with Crippen molar-refractivity contribution in [1.29, 1.82) is 0 Å². The molecule has 0 saturated carbocycles. The number of hydrogen-bond donors (Lipinski definition) is 1. The quantitative estimate of drug-likeness (QED) is 0.811. The predicted octanol–water partition coefficient (Wildman–Crippen LogP) is 4.08. The van der Waals surface area contributed by atoms with Gasteiger partial charge in [-0.25, -0.2) is 0 Å². The third-order valence-corrected chi connectivity index (χ3v) is 6.52. The van der Waals surface area contributed by atoms with Crippen LogP contribution in [0.25, 0.3) is 16.5 Å². The summed E-state index contributed by atoms with van der Waals surface area (Å²) in [7, 11) is 0. The molecule has 4 rings (SSSR count). The summed E-state index contributed by atoms with van der Waals surface area (Å²) in [6, 6.07) is 6.71. The van der Waals surface area contributed by atoms with E-state index in [2.05, 4.69) is 60.8 Å². The van der Waals surface area contributed by atoms with Gasteiger partial charge in [0.15, 0.2) is 0 Å². The van der Waals surface area contributed by atoms with Crippen LogP contribution in [-0.4, -0.2) is 77.4 Å². The number of nitrogens with zero attached hydrogens (tertiary/aromatic N) is 3. The number of rotatable bonds is 5. The second-order valence-corrected chi connectivity index (χ2v) is 9.52. The number of aromatic nitrogens is 1. The normalized spacial score (nSPS) is 19.1. The first-order valence-corrected chi connectivity index (χ1v) is 11.5. The first-order chi connectivity index (χ1) is 14.4. The van der Waals surface area contributed by atoms with Gasteiger partial charge in [0.1, 0.15) is 0 Å². The van der Waals surface area contributed by atoms with Gasteiger partial charge in [-0.05, 0) is 43.9 Å². The zero-order valence-electron chi connectivity index (χ0n) is 18.9. The first-order valence-electron chi connectivity index (χ1n) is 11.5. The van der Waals surface area contributed by atoms with E-state index in [-0.39, 0.29) is 5.91 Å². The number of carbonyl (C=O) groups excluding carboxylic acids is 1. The lowest BCUT2D eigenvalue weighted by Crippen LogP contribution is -2.50. The molecule has 0 bridgehead atoms. The molecule has 1 aromatic carbocycles. The number of piperazine rings is 1. The van der Waals surface area contributed by atoms with Crippen LogP contribution in [0, 0.1) is 5.92 Å². The molecule has 1 saturated heterocycles. The van der Waals surface area contributed by atoms with Crippen molar-refractivity contribution >= 4 is 22.4 Å². The van der Waals surface area contributed by atoms with Crippen LogP contribution in [0.5, 0.6) is 0 Å². The third kappa shape index (κ3) is 4.47. The number of fused-ring (bicyclic) bond motifs is 1. The van der Waals surface area contributed by atoms with Crippen molar-refractivity contribution in [2.75, 3.05) is 45.8 Å². The highest BCUT2D eigenvalue weighted by Gasteiger charge is 2.24. The molecule has 3 heterocycles. The van der Waals surface area contributed by atoms with E-state index in [4.69, 9.17) is 0 Å². The van der Waals surface area contributed by atoms with E-state index in [1.165, 1.54) is 16.5 Å². The molecule has 5 nitrogen and oxygen atoms in total. The molecule has 0 unspecified atom stereocenters. The smallest absolute Gasteiger partial charge is 0.254 e. The minimum Gasteiger partial charge on any atom is -0.361 e. The summed E-state index contributed by atoms with van der Waals surface area (Å²) in [4.78, 5) is 23.4. The molecular weight excluding hydrogens is 372 g/mol. The number of hydrogen-bond acceptors (Lipinski definition) is 3. The van der Waals surface area contributed by atoms with Crippen LogP contribution >= 0.6 is 0 Å². The molecule has 5 heteroatoms. The summed E-state index contributed by atoms with van der Waals surface area (Å²) < 4.78 is 0. The Bertz CT molecular complexity index is 918. The van der Waals surface area contributed by atoms with Crippen LogP contribution < -0.4 is 0 Å². The van der Waals surface area contributed by atoms with Crippen molar-refractivity contribution in [3.05, 3.63) is 41.6 Å². The number of benzene rings is 1. The molecule has 0 spiro atoms. The highest BCUT2D eigenvalue weighted by molar-refractivity contribution is 6.00. The first kappa shape index (κ1) is 21.1. The molecular formula is C25H36N4O. The maximum atomic E-state index is 13.0. The van der Waals surface area contributed by atoms with E-state index < -0.39 is 0 Å². The van der Waals surface area contributed by atoms with Gasteiger partial charge < -0.3 is 9.88 Å². The monoisotopic (exact) mass is 408 g/mol. The van der Waals surface area contributed by atoms with Crippen molar-refractivity contribution in [2.24, 2.45) is 5.92 Å². The summed E-state index contributed by atoms with van der Waals surface area (Å²) in [6.07, 6.45) is 5.58. The van der Waals surface area contributed by atoms with E-state index in [0.717, 1.165) is 63.3 Å². The predicted molar refractivity (Wildman–Crippen MR) is 125 cm³/mol. The summed E-state index contributed by atoms with van der Waals surface area (Å²) in [5.74, 6) is 0.856. The lowest BCUT2D eigenvalue weighted by Gasteiger charge is -2.37. The molecule has 162 valence electrons. The number of nitrogens with one attached hydrogen (secondary N) is 1. The summed E-state index contributed by atoms with van der Waals surface area (Å²) in [6.45, 7) is 15.8. The zero-order chi connectivity index (χ0) is 21.3. The van der Waals surface area contributed by atoms with Gasteiger partial charge in [-0.15, -0.1) is 0 Å². The Balaban J connectivity index is 1.47. The Morgan fingerprint density at radius 3 is 2.47 bits per heavy atom. The fourth-order valence-electron chi connectivity index (χ4n) is 4.79. The Labute approximate surface area is 180 Å². The van der Waals surface area contributed by atoms with Gasteiger partial charge in [0.05, 0.1) is 0 Å². The van der Waals surface area contributed by atoms with E-state index in [9.17, 15) is 4.79 Å². The summed E-state index contributed by atoms with van der Waals surface area (Å²) in [5.41, 5.74) is 4.56. The number of aromatic amines is 1. The fourth-order valence-corrected chi connectivity index (χ4v) is 4.79. The van der Waals surface area contributed by atoms with Crippen molar-refractivity contribution in [3.8, 4) is 0 Å². The summed E-state index contributed by atoms with van der Waals surface area (Å²) >= 11 is 0. The van der Waals surface area contributed by atoms with Gasteiger partial charge in [0, 0.05) is 80.1 Å². The zero-order valence-corrected chi connectivity index (χ0v) is 18.9. The van der Waals surface area contributed by atoms with Gasteiger partial charge in [-0.1, -0.05) is 26.0 Å². The summed E-state index contributed by atoms with van der Waals surface area (Å²) in [5, 5.41) is 1.22. The lowest BCUT2D eigenvalue weighted by molar-refractivity contribution is 0.0595. The largest absolute Gasteiger partial charge is 0.361 e. The lowest BCUT2D eigenvalue weighted by atomic mass is 9.97. The van der Waals surface area contributed by atoms with Crippen molar-refractivity contribution < 1.29 is 4.79 Å². The van der Waals surface area contributed by atoms with E-state index in [1.807, 2.05) is 17.0 Å². The maximum Gasteiger partial charge on any atom is 0.254 e.